The van der Waals surface area contributed by atoms with E-state index in [1.165, 1.54) is 0 Å². The van der Waals surface area contributed by atoms with Crippen molar-refractivity contribution in [1.82, 2.24) is 9.97 Å². The Balaban J connectivity index is 2.56. The van der Waals surface area contributed by atoms with Crippen LogP contribution in [0.25, 0.3) is 0 Å². The third-order valence-corrected chi connectivity index (χ3v) is 2.48. The van der Waals surface area contributed by atoms with Crippen LogP contribution in [0.3, 0.4) is 0 Å². The molecule has 2 heterocycles. The summed E-state index contributed by atoms with van der Waals surface area (Å²) in [4.78, 5) is 8.91. The topological polar surface area (TPSA) is 44.2 Å². The molecule has 0 amide bonds. The van der Waals surface area contributed by atoms with Crippen LogP contribution in [0.2, 0.25) is 0 Å². The van der Waals surface area contributed by atoms with Gasteiger partial charge in [-0.2, -0.15) is 4.98 Å². The zero-order chi connectivity index (χ0) is 11.8. The first kappa shape index (κ1) is 11.2. The Morgan fingerprint density at radius 2 is 1.81 bits per heavy atom. The molecule has 0 atom stereocenters. The lowest BCUT2D eigenvalue weighted by atomic mass is 9.91. The van der Waals surface area contributed by atoms with Crippen LogP contribution in [0, 0.1) is 0 Å². The van der Waals surface area contributed by atoms with Gasteiger partial charge in [-0.25, -0.2) is 4.98 Å². The van der Waals surface area contributed by atoms with Crippen molar-refractivity contribution in [3.05, 3.63) is 11.5 Å². The van der Waals surface area contributed by atoms with Crippen LogP contribution in [-0.2, 0) is 11.8 Å². The largest absolute Gasteiger partial charge is 0.483 e. The van der Waals surface area contributed by atoms with E-state index in [0.29, 0.717) is 19.1 Å². The molecule has 0 aliphatic carbocycles. The van der Waals surface area contributed by atoms with Crippen LogP contribution < -0.4 is 9.47 Å². The molecule has 4 heteroatoms. The summed E-state index contributed by atoms with van der Waals surface area (Å²) in [5.74, 6) is 2.13. The number of fused-ring (bicyclic) bond motifs is 1. The molecular formula is C12H18N2O2. The second-order valence-electron chi connectivity index (χ2n) is 4.92. The van der Waals surface area contributed by atoms with Gasteiger partial charge in [-0.05, 0) is 0 Å². The van der Waals surface area contributed by atoms with Crippen molar-refractivity contribution in [2.45, 2.75) is 39.5 Å². The van der Waals surface area contributed by atoms with Gasteiger partial charge >= 0.3 is 0 Å². The molecule has 0 N–H and O–H groups in total. The average molecular weight is 222 g/mol. The maximum atomic E-state index is 5.63. The molecule has 0 aromatic carbocycles. The normalized spacial score (nSPS) is 15.0. The minimum Gasteiger partial charge on any atom is -0.483 e. The van der Waals surface area contributed by atoms with E-state index in [0.717, 1.165) is 23.7 Å². The third-order valence-electron chi connectivity index (χ3n) is 2.48. The van der Waals surface area contributed by atoms with Crippen molar-refractivity contribution in [2.75, 3.05) is 13.2 Å². The molecule has 0 fully saturated rings. The highest BCUT2D eigenvalue weighted by Gasteiger charge is 2.28. The summed E-state index contributed by atoms with van der Waals surface area (Å²) >= 11 is 0. The number of nitrogens with zero attached hydrogens (tertiary/aromatic N) is 2. The zero-order valence-electron chi connectivity index (χ0n) is 10.3. The van der Waals surface area contributed by atoms with E-state index in [2.05, 4.69) is 30.7 Å². The van der Waals surface area contributed by atoms with Crippen LogP contribution in [0.4, 0.5) is 0 Å². The molecule has 0 radical (unpaired) electrons. The van der Waals surface area contributed by atoms with Crippen molar-refractivity contribution in [3.63, 3.8) is 0 Å². The highest BCUT2D eigenvalue weighted by Crippen LogP contribution is 2.37. The van der Waals surface area contributed by atoms with Gasteiger partial charge in [0.25, 0.3) is 5.88 Å². The van der Waals surface area contributed by atoms with Crippen LogP contribution in [-0.4, -0.2) is 23.2 Å². The molecule has 0 saturated heterocycles. The highest BCUT2D eigenvalue weighted by atomic mass is 16.6. The first-order valence-corrected chi connectivity index (χ1v) is 5.69. The lowest BCUT2D eigenvalue weighted by Gasteiger charge is -2.26. The molecule has 0 spiro atoms. The maximum absolute atomic E-state index is 5.63. The minimum absolute atomic E-state index is 0.0579. The number of aryl methyl sites for hydroxylation is 1. The maximum Gasteiger partial charge on any atom is 0.260 e. The molecule has 0 saturated carbocycles. The van der Waals surface area contributed by atoms with Gasteiger partial charge in [0.05, 0.1) is 5.69 Å². The fourth-order valence-electron chi connectivity index (χ4n) is 1.65. The Bertz CT molecular complexity index is 397. The average Bonchev–Trinajstić information content (AvgIpc) is 2.26. The van der Waals surface area contributed by atoms with Crippen molar-refractivity contribution in [2.24, 2.45) is 0 Å². The van der Waals surface area contributed by atoms with Crippen LogP contribution in [0.1, 0.15) is 39.2 Å². The summed E-state index contributed by atoms with van der Waals surface area (Å²) in [6.07, 6.45) is 0.805. The van der Waals surface area contributed by atoms with E-state index < -0.39 is 0 Å². The smallest absolute Gasteiger partial charge is 0.260 e. The fourth-order valence-corrected chi connectivity index (χ4v) is 1.65. The molecule has 1 aliphatic rings. The minimum atomic E-state index is -0.0579. The summed E-state index contributed by atoms with van der Waals surface area (Å²) in [7, 11) is 0. The van der Waals surface area contributed by atoms with Crippen molar-refractivity contribution in [3.8, 4) is 11.6 Å². The molecule has 4 nitrogen and oxygen atoms in total. The van der Waals surface area contributed by atoms with E-state index in [-0.39, 0.29) is 5.41 Å². The number of hydrogen-bond acceptors (Lipinski definition) is 4. The van der Waals surface area contributed by atoms with E-state index in [1.54, 1.807) is 0 Å². The van der Waals surface area contributed by atoms with Crippen LogP contribution >= 0.6 is 0 Å². The molecule has 0 unspecified atom stereocenters. The molecule has 1 aliphatic heterocycles. The van der Waals surface area contributed by atoms with Gasteiger partial charge in [0, 0.05) is 11.8 Å². The monoisotopic (exact) mass is 222 g/mol. The van der Waals surface area contributed by atoms with E-state index in [4.69, 9.17) is 9.47 Å². The van der Waals surface area contributed by atoms with Gasteiger partial charge in [-0.3, -0.25) is 0 Å². The molecule has 1 aromatic heterocycles. The molecular weight excluding hydrogens is 204 g/mol. The van der Waals surface area contributed by atoms with Gasteiger partial charge in [-0.15, -0.1) is 0 Å². The van der Waals surface area contributed by atoms with Gasteiger partial charge in [0.15, 0.2) is 0 Å². The van der Waals surface area contributed by atoms with Gasteiger partial charge < -0.3 is 9.47 Å². The van der Waals surface area contributed by atoms with Crippen molar-refractivity contribution < 1.29 is 9.47 Å². The second kappa shape index (κ2) is 3.92. The Morgan fingerprint density at radius 1 is 1.12 bits per heavy atom. The second-order valence-corrected chi connectivity index (χ2v) is 4.92. The molecule has 1 aromatic rings. The lowest BCUT2D eigenvalue weighted by molar-refractivity contribution is 0.158. The third kappa shape index (κ3) is 1.96. The first-order chi connectivity index (χ1) is 7.52. The van der Waals surface area contributed by atoms with Gasteiger partial charge in [0.1, 0.15) is 19.0 Å². The summed E-state index contributed by atoms with van der Waals surface area (Å²) in [5.41, 5.74) is 0.881. The summed E-state index contributed by atoms with van der Waals surface area (Å²) < 4.78 is 11.2. The fraction of sp³-hybridized carbons (Fsp3) is 0.667. The zero-order valence-corrected chi connectivity index (χ0v) is 10.3. The lowest BCUT2D eigenvalue weighted by Crippen LogP contribution is -2.24. The molecule has 2 rings (SSSR count). The Kier molecular flexibility index (Phi) is 2.74. The standard InChI is InChI=1S/C12H18N2O2/c1-5-8-13-10(12(2,3)4)9-11(14-8)16-7-6-15-9/h5-7H2,1-4H3. The summed E-state index contributed by atoms with van der Waals surface area (Å²) in [5, 5.41) is 0. The number of aromatic nitrogens is 2. The number of rotatable bonds is 1. The van der Waals surface area contributed by atoms with Crippen LogP contribution in [0.5, 0.6) is 11.6 Å². The van der Waals surface area contributed by atoms with Gasteiger partial charge in [-0.1, -0.05) is 27.7 Å². The number of ether oxygens (including phenoxy) is 2. The van der Waals surface area contributed by atoms with Gasteiger partial charge in [0.2, 0.25) is 5.75 Å². The van der Waals surface area contributed by atoms with E-state index in [9.17, 15) is 0 Å². The first-order valence-electron chi connectivity index (χ1n) is 5.69. The number of hydrogen-bond donors (Lipinski definition) is 0. The predicted molar refractivity (Wildman–Crippen MR) is 61.1 cm³/mol. The highest BCUT2D eigenvalue weighted by molar-refractivity contribution is 5.42. The van der Waals surface area contributed by atoms with Crippen molar-refractivity contribution >= 4 is 0 Å². The molecule has 16 heavy (non-hydrogen) atoms. The Labute approximate surface area is 96.0 Å². The van der Waals surface area contributed by atoms with Crippen LogP contribution in [0.15, 0.2) is 0 Å². The predicted octanol–water partition coefficient (Wildman–Crippen LogP) is 2.11. The SMILES string of the molecule is CCc1nc2c(c(C(C)(C)C)n1)OCCO2. The quantitative estimate of drug-likeness (QED) is 0.730. The van der Waals surface area contributed by atoms with E-state index in [1.807, 2.05) is 6.92 Å². The van der Waals surface area contributed by atoms with E-state index >= 15 is 0 Å². The Hall–Kier alpha value is -1.32. The summed E-state index contributed by atoms with van der Waals surface area (Å²) in [6, 6.07) is 0. The molecule has 88 valence electrons. The molecule has 0 bridgehead atoms. The summed E-state index contributed by atoms with van der Waals surface area (Å²) in [6.45, 7) is 9.53. The van der Waals surface area contributed by atoms with Crippen molar-refractivity contribution in [1.29, 1.82) is 0 Å². The Morgan fingerprint density at radius 3 is 2.44 bits per heavy atom.